The predicted molar refractivity (Wildman–Crippen MR) is 81.4 cm³/mol. The van der Waals surface area contributed by atoms with Gasteiger partial charge in [0.1, 0.15) is 5.75 Å². The van der Waals surface area contributed by atoms with Crippen LogP contribution in [0.5, 0.6) is 5.75 Å². The second-order valence-corrected chi connectivity index (χ2v) is 6.39. The summed E-state index contributed by atoms with van der Waals surface area (Å²) in [7, 11) is -1.08. The quantitative estimate of drug-likeness (QED) is 0.883. The number of rotatable bonds is 3. The van der Waals surface area contributed by atoms with Crippen LogP contribution in [0.3, 0.4) is 0 Å². The van der Waals surface area contributed by atoms with Crippen molar-refractivity contribution in [2.45, 2.75) is 17.2 Å². The molecule has 4 heteroatoms. The lowest BCUT2D eigenvalue weighted by Gasteiger charge is -2.25. The van der Waals surface area contributed by atoms with Crippen LogP contribution in [0.4, 0.5) is 5.69 Å². The van der Waals surface area contributed by atoms with Gasteiger partial charge in [0.2, 0.25) is 0 Å². The highest BCUT2D eigenvalue weighted by Crippen LogP contribution is 2.34. The Balaban J connectivity index is 1.83. The van der Waals surface area contributed by atoms with E-state index in [-0.39, 0.29) is 5.92 Å². The molecule has 104 valence electrons. The molecular weight excluding hydrogens is 270 g/mol. The van der Waals surface area contributed by atoms with Crippen molar-refractivity contribution in [2.75, 3.05) is 18.1 Å². The van der Waals surface area contributed by atoms with E-state index in [4.69, 9.17) is 10.5 Å². The molecule has 3 nitrogen and oxygen atoms in total. The molecule has 1 aliphatic rings. The number of hydrogen-bond acceptors (Lipinski definition) is 3. The summed E-state index contributed by atoms with van der Waals surface area (Å²) in [6.45, 7) is 0.684. The zero-order valence-electron chi connectivity index (χ0n) is 11.1. The molecule has 2 aromatic carbocycles. The van der Waals surface area contributed by atoms with Gasteiger partial charge < -0.3 is 10.5 Å². The fraction of sp³-hybridized carbons (Fsp3) is 0.250. The summed E-state index contributed by atoms with van der Waals surface area (Å²) in [5.74, 6) is 1.77. The second-order valence-electron chi connectivity index (χ2n) is 4.92. The summed E-state index contributed by atoms with van der Waals surface area (Å²) in [5, 5.41) is 0. The zero-order chi connectivity index (χ0) is 13.9. The van der Waals surface area contributed by atoms with Gasteiger partial charge in [-0.1, -0.05) is 30.3 Å². The van der Waals surface area contributed by atoms with Gasteiger partial charge in [0.25, 0.3) is 0 Å². The van der Waals surface area contributed by atoms with Gasteiger partial charge in [0.05, 0.1) is 22.3 Å². The minimum atomic E-state index is -1.08. The van der Waals surface area contributed by atoms with E-state index in [0.29, 0.717) is 18.0 Å². The van der Waals surface area contributed by atoms with Gasteiger partial charge in [0, 0.05) is 17.4 Å². The van der Waals surface area contributed by atoms with E-state index in [1.54, 1.807) is 6.07 Å². The Labute approximate surface area is 121 Å². The lowest BCUT2D eigenvalue weighted by atomic mass is 9.95. The number of hydrogen-bond donors (Lipinski definition) is 1. The van der Waals surface area contributed by atoms with E-state index in [0.717, 1.165) is 22.6 Å². The number of para-hydroxylation sites is 2. The summed E-state index contributed by atoms with van der Waals surface area (Å²) in [5.41, 5.74) is 7.66. The molecule has 0 amide bonds. The number of benzene rings is 2. The first kappa shape index (κ1) is 13.2. The summed E-state index contributed by atoms with van der Waals surface area (Å²) in [4.78, 5) is 0.733. The van der Waals surface area contributed by atoms with Crippen LogP contribution in [-0.2, 0) is 10.8 Å². The Morgan fingerprint density at radius 1 is 1.15 bits per heavy atom. The molecule has 2 N–H and O–H groups in total. The van der Waals surface area contributed by atoms with Crippen molar-refractivity contribution in [3.63, 3.8) is 0 Å². The molecule has 0 aromatic heterocycles. The summed E-state index contributed by atoms with van der Waals surface area (Å²) in [6, 6.07) is 15.4. The van der Waals surface area contributed by atoms with Crippen LogP contribution >= 0.6 is 0 Å². The molecule has 1 heterocycles. The molecule has 2 atom stereocenters. The normalized spacial score (nSPS) is 18.9. The molecule has 0 saturated carbocycles. The minimum absolute atomic E-state index is 0.264. The third-order valence-corrected chi connectivity index (χ3v) is 5.17. The maximum atomic E-state index is 12.5. The number of nitrogen functional groups attached to an aromatic ring is 1. The van der Waals surface area contributed by atoms with Gasteiger partial charge in [-0.25, -0.2) is 0 Å². The van der Waals surface area contributed by atoms with Crippen LogP contribution in [-0.4, -0.2) is 16.6 Å². The summed E-state index contributed by atoms with van der Waals surface area (Å²) < 4.78 is 18.2. The highest BCUT2D eigenvalue weighted by Gasteiger charge is 2.23. The Morgan fingerprint density at radius 2 is 1.90 bits per heavy atom. The lowest BCUT2D eigenvalue weighted by Crippen LogP contribution is -2.19. The van der Waals surface area contributed by atoms with E-state index >= 15 is 0 Å². The molecule has 1 aliphatic heterocycles. The van der Waals surface area contributed by atoms with Gasteiger partial charge >= 0.3 is 0 Å². The van der Waals surface area contributed by atoms with Crippen LogP contribution in [0.25, 0.3) is 0 Å². The SMILES string of the molecule is Nc1ccccc1S(=O)CC1CCOc2ccccc21. The van der Waals surface area contributed by atoms with Crippen molar-refractivity contribution in [3.8, 4) is 5.75 Å². The maximum Gasteiger partial charge on any atom is 0.122 e. The van der Waals surface area contributed by atoms with E-state index in [9.17, 15) is 4.21 Å². The fourth-order valence-corrected chi connectivity index (χ4v) is 4.00. The van der Waals surface area contributed by atoms with Crippen molar-refractivity contribution in [1.29, 1.82) is 0 Å². The van der Waals surface area contributed by atoms with Crippen molar-refractivity contribution in [1.82, 2.24) is 0 Å². The first-order valence-electron chi connectivity index (χ1n) is 6.70. The Morgan fingerprint density at radius 3 is 2.75 bits per heavy atom. The lowest BCUT2D eigenvalue weighted by molar-refractivity contribution is 0.273. The third-order valence-electron chi connectivity index (χ3n) is 3.60. The molecule has 0 aliphatic carbocycles. The third kappa shape index (κ3) is 2.56. The van der Waals surface area contributed by atoms with Gasteiger partial charge in [-0.2, -0.15) is 0 Å². The Hall–Kier alpha value is -1.81. The van der Waals surface area contributed by atoms with Crippen LogP contribution in [0.1, 0.15) is 17.9 Å². The molecule has 0 spiro atoms. The molecule has 0 radical (unpaired) electrons. The highest BCUT2D eigenvalue weighted by atomic mass is 32.2. The number of ether oxygens (including phenoxy) is 1. The topological polar surface area (TPSA) is 52.3 Å². The van der Waals surface area contributed by atoms with Gasteiger partial charge in [0.15, 0.2) is 0 Å². The van der Waals surface area contributed by atoms with Crippen molar-refractivity contribution in [3.05, 3.63) is 54.1 Å². The molecule has 2 aromatic rings. The first-order chi connectivity index (χ1) is 9.75. The molecular formula is C16H17NO2S. The van der Waals surface area contributed by atoms with Crippen molar-refractivity contribution >= 4 is 16.5 Å². The molecule has 0 fully saturated rings. The van der Waals surface area contributed by atoms with E-state index < -0.39 is 10.8 Å². The van der Waals surface area contributed by atoms with Crippen LogP contribution in [0.2, 0.25) is 0 Å². The molecule has 2 unspecified atom stereocenters. The number of nitrogens with two attached hydrogens (primary N) is 1. The largest absolute Gasteiger partial charge is 0.493 e. The standard InChI is InChI=1S/C16H17NO2S/c17-14-6-2-4-8-16(14)20(18)11-12-9-10-19-15-7-3-1-5-13(12)15/h1-8,12H,9-11,17H2. The average molecular weight is 287 g/mol. The average Bonchev–Trinajstić information content (AvgIpc) is 2.48. The van der Waals surface area contributed by atoms with Crippen LogP contribution in [0.15, 0.2) is 53.4 Å². The predicted octanol–water partition coefficient (Wildman–Crippen LogP) is 2.94. The van der Waals surface area contributed by atoms with E-state index in [1.165, 1.54) is 0 Å². The molecule has 20 heavy (non-hydrogen) atoms. The minimum Gasteiger partial charge on any atom is -0.493 e. The van der Waals surface area contributed by atoms with Crippen LogP contribution in [0, 0.1) is 0 Å². The van der Waals surface area contributed by atoms with Gasteiger partial charge in [-0.15, -0.1) is 0 Å². The smallest absolute Gasteiger partial charge is 0.122 e. The van der Waals surface area contributed by atoms with Crippen molar-refractivity contribution in [2.24, 2.45) is 0 Å². The second kappa shape index (κ2) is 5.67. The molecule has 0 bridgehead atoms. The molecule has 3 rings (SSSR count). The van der Waals surface area contributed by atoms with E-state index in [1.807, 2.05) is 36.4 Å². The Bertz CT molecular complexity index is 642. The monoisotopic (exact) mass is 287 g/mol. The number of fused-ring (bicyclic) bond motifs is 1. The summed E-state index contributed by atoms with van der Waals surface area (Å²) in [6.07, 6.45) is 0.898. The highest BCUT2D eigenvalue weighted by molar-refractivity contribution is 7.85. The van der Waals surface area contributed by atoms with Crippen LogP contribution < -0.4 is 10.5 Å². The zero-order valence-corrected chi connectivity index (χ0v) is 11.9. The fourth-order valence-electron chi connectivity index (χ4n) is 2.55. The molecule has 0 saturated heterocycles. The van der Waals surface area contributed by atoms with E-state index in [2.05, 4.69) is 6.07 Å². The maximum absolute atomic E-state index is 12.5. The number of anilines is 1. The van der Waals surface area contributed by atoms with Gasteiger partial charge in [-0.3, -0.25) is 4.21 Å². The van der Waals surface area contributed by atoms with Crippen molar-refractivity contribution < 1.29 is 8.95 Å². The Kier molecular flexibility index (Phi) is 3.74. The van der Waals surface area contributed by atoms with Gasteiger partial charge in [-0.05, 0) is 30.2 Å². The summed E-state index contributed by atoms with van der Waals surface area (Å²) >= 11 is 0. The first-order valence-corrected chi connectivity index (χ1v) is 8.02.